The number of hydrogen-bond donors (Lipinski definition) is 2. The summed E-state index contributed by atoms with van der Waals surface area (Å²) in [5, 5.41) is 11.3. The van der Waals surface area contributed by atoms with E-state index >= 15 is 0 Å². The fourth-order valence-corrected chi connectivity index (χ4v) is 3.08. The number of nitrogens with one attached hydrogen (secondary N) is 2. The normalized spacial score (nSPS) is 14.1. The maximum atomic E-state index is 12.1. The van der Waals surface area contributed by atoms with E-state index < -0.39 is 0 Å². The Bertz CT molecular complexity index is 893. The van der Waals surface area contributed by atoms with Crippen molar-refractivity contribution >= 4 is 22.3 Å². The van der Waals surface area contributed by atoms with Crippen LogP contribution >= 0.6 is 0 Å². The van der Waals surface area contributed by atoms with Crippen LogP contribution in [-0.4, -0.2) is 16.1 Å². The van der Waals surface area contributed by atoms with Crippen molar-refractivity contribution < 1.29 is 4.79 Å². The minimum atomic E-state index is -0.191. The molecule has 1 aromatic heterocycles. The number of nitrogens with zero attached hydrogens (tertiary/aromatic N) is 1. The van der Waals surface area contributed by atoms with E-state index in [2.05, 4.69) is 28.5 Å². The Morgan fingerprint density at radius 2 is 2.04 bits per heavy atom. The van der Waals surface area contributed by atoms with Crippen molar-refractivity contribution in [1.82, 2.24) is 15.5 Å². The molecule has 0 atom stereocenters. The number of H-pyrrole nitrogens is 1. The van der Waals surface area contributed by atoms with E-state index in [0.29, 0.717) is 11.8 Å². The molecule has 1 aliphatic rings. The molecule has 0 fully saturated rings. The molecule has 25 heavy (non-hydrogen) atoms. The van der Waals surface area contributed by atoms with Crippen LogP contribution in [0.2, 0.25) is 0 Å². The third-order valence-corrected chi connectivity index (χ3v) is 4.38. The van der Waals surface area contributed by atoms with E-state index in [1.807, 2.05) is 24.3 Å². The monoisotopic (exact) mass is 337 g/mol. The maximum Gasteiger partial charge on any atom is 0.272 e. The molecule has 130 valence electrons. The van der Waals surface area contributed by atoms with E-state index in [0.717, 1.165) is 54.5 Å². The van der Waals surface area contributed by atoms with Crippen molar-refractivity contribution in [2.24, 2.45) is 0 Å². The number of aromatic nitrogens is 2. The molecule has 5 nitrogen and oxygen atoms in total. The number of amides is 1. The van der Waals surface area contributed by atoms with Crippen LogP contribution in [0.4, 0.5) is 0 Å². The molecule has 0 aliphatic heterocycles. The molecule has 1 aromatic carbocycles. The van der Waals surface area contributed by atoms with Crippen LogP contribution in [-0.2, 0) is 4.79 Å². The Morgan fingerprint density at radius 1 is 1.24 bits per heavy atom. The molecule has 1 aliphatic carbocycles. The van der Waals surface area contributed by atoms with Crippen LogP contribution in [0.15, 0.2) is 46.9 Å². The highest BCUT2D eigenvalue weighted by molar-refractivity contribution is 5.94. The summed E-state index contributed by atoms with van der Waals surface area (Å²) in [7, 11) is 0. The lowest BCUT2D eigenvalue weighted by Gasteiger charge is -2.15. The van der Waals surface area contributed by atoms with Crippen LogP contribution in [0, 0.1) is 0 Å². The molecule has 3 rings (SSSR count). The molecule has 5 heteroatoms. The average molecular weight is 337 g/mol. The van der Waals surface area contributed by atoms with Gasteiger partial charge in [-0.2, -0.15) is 5.10 Å². The van der Waals surface area contributed by atoms with E-state index in [1.165, 1.54) is 0 Å². The van der Waals surface area contributed by atoms with E-state index in [4.69, 9.17) is 0 Å². The van der Waals surface area contributed by atoms with Gasteiger partial charge in [0.1, 0.15) is 0 Å². The summed E-state index contributed by atoms with van der Waals surface area (Å²) in [6.07, 6.45) is 9.37. The number of fused-ring (bicyclic) bond motifs is 1. The number of unbranched alkanes of at least 4 members (excludes halogenated alkanes) is 2. The van der Waals surface area contributed by atoms with Gasteiger partial charge >= 0.3 is 0 Å². The number of carbonyl (C=O) groups is 1. The minimum Gasteiger partial charge on any atom is -0.330 e. The Balaban J connectivity index is 1.83. The predicted molar refractivity (Wildman–Crippen MR) is 99.9 cm³/mol. The molecular weight excluding hydrogens is 314 g/mol. The topological polar surface area (TPSA) is 74.8 Å². The Labute approximate surface area is 146 Å². The minimum absolute atomic E-state index is 0.0697. The zero-order chi connectivity index (χ0) is 17.6. The third kappa shape index (κ3) is 4.05. The summed E-state index contributed by atoms with van der Waals surface area (Å²) in [5.74, 6) is 0.0697. The number of carbonyl (C=O) groups excluding carboxylic acids is 1. The second-order valence-electron chi connectivity index (χ2n) is 6.32. The van der Waals surface area contributed by atoms with Crippen molar-refractivity contribution in [1.29, 1.82) is 0 Å². The first-order valence-corrected chi connectivity index (χ1v) is 8.87. The van der Waals surface area contributed by atoms with Gasteiger partial charge in [-0.25, -0.2) is 5.10 Å². The van der Waals surface area contributed by atoms with Crippen molar-refractivity contribution in [2.75, 3.05) is 0 Å². The first-order valence-electron chi connectivity index (χ1n) is 8.87. The third-order valence-electron chi connectivity index (χ3n) is 4.38. The standard InChI is InChI=1S/C20H23N3O2/c1-2-3-4-12-18(24)21-15-9-7-8-14(13-15)19-16-10-5-6-11-17(16)20(25)23-22-19/h5-6,8,10-11,13H,2-4,7,9,12H2,1H3,(H,21,24)(H,23,25). The Kier molecular flexibility index (Phi) is 5.43. The van der Waals surface area contributed by atoms with Gasteiger partial charge in [0, 0.05) is 23.1 Å². The van der Waals surface area contributed by atoms with Gasteiger partial charge in [0.2, 0.25) is 5.91 Å². The lowest BCUT2D eigenvalue weighted by Crippen LogP contribution is -2.23. The fourth-order valence-electron chi connectivity index (χ4n) is 3.08. The molecule has 2 aromatic rings. The van der Waals surface area contributed by atoms with Crippen molar-refractivity contribution in [3.8, 4) is 0 Å². The van der Waals surface area contributed by atoms with Crippen LogP contribution in [0.25, 0.3) is 16.3 Å². The number of benzene rings is 1. The average Bonchev–Trinajstić information content (AvgIpc) is 2.63. The van der Waals surface area contributed by atoms with Gasteiger partial charge < -0.3 is 5.32 Å². The zero-order valence-electron chi connectivity index (χ0n) is 14.5. The predicted octanol–water partition coefficient (Wildman–Crippen LogP) is 3.68. The van der Waals surface area contributed by atoms with Crippen LogP contribution in [0.3, 0.4) is 0 Å². The summed E-state index contributed by atoms with van der Waals surface area (Å²) >= 11 is 0. The summed E-state index contributed by atoms with van der Waals surface area (Å²) in [4.78, 5) is 24.0. The number of aromatic amines is 1. The van der Waals surface area contributed by atoms with Crippen LogP contribution in [0.5, 0.6) is 0 Å². The molecule has 1 amide bonds. The molecular formula is C20H23N3O2. The van der Waals surface area contributed by atoms with Gasteiger partial charge in [-0.15, -0.1) is 0 Å². The highest BCUT2D eigenvalue weighted by Crippen LogP contribution is 2.26. The first-order chi connectivity index (χ1) is 12.2. The van der Waals surface area contributed by atoms with E-state index in [1.54, 1.807) is 6.07 Å². The summed E-state index contributed by atoms with van der Waals surface area (Å²) in [6.45, 7) is 2.13. The maximum absolute atomic E-state index is 12.1. The second kappa shape index (κ2) is 7.92. The second-order valence-corrected chi connectivity index (χ2v) is 6.32. The van der Waals surface area contributed by atoms with E-state index in [-0.39, 0.29) is 11.5 Å². The zero-order valence-corrected chi connectivity index (χ0v) is 14.5. The Morgan fingerprint density at radius 3 is 2.84 bits per heavy atom. The highest BCUT2D eigenvalue weighted by atomic mass is 16.1. The molecule has 0 saturated heterocycles. The van der Waals surface area contributed by atoms with Gasteiger partial charge in [0.25, 0.3) is 5.56 Å². The lowest BCUT2D eigenvalue weighted by atomic mass is 9.98. The SMILES string of the molecule is CCCCCC(=O)NC1=CC(c2n[nH]c(=O)c3ccccc23)=CCC1. The van der Waals surface area contributed by atoms with Crippen LogP contribution < -0.4 is 10.9 Å². The smallest absolute Gasteiger partial charge is 0.272 e. The van der Waals surface area contributed by atoms with Crippen molar-refractivity contribution in [2.45, 2.75) is 45.4 Å². The first kappa shape index (κ1) is 17.1. The molecule has 2 N–H and O–H groups in total. The lowest BCUT2D eigenvalue weighted by molar-refractivity contribution is -0.120. The number of rotatable bonds is 6. The summed E-state index contributed by atoms with van der Waals surface area (Å²) < 4.78 is 0. The van der Waals surface area contributed by atoms with Crippen LogP contribution in [0.1, 0.15) is 51.1 Å². The molecule has 0 bridgehead atoms. The molecule has 0 spiro atoms. The van der Waals surface area contributed by atoms with Gasteiger partial charge in [-0.3, -0.25) is 9.59 Å². The largest absolute Gasteiger partial charge is 0.330 e. The van der Waals surface area contributed by atoms with Crippen molar-refractivity contribution in [3.63, 3.8) is 0 Å². The van der Waals surface area contributed by atoms with Gasteiger partial charge in [-0.05, 0) is 31.4 Å². The Hall–Kier alpha value is -2.69. The fraction of sp³-hybridized carbons (Fsp3) is 0.350. The number of hydrogen-bond acceptors (Lipinski definition) is 3. The summed E-state index contributed by atoms with van der Waals surface area (Å²) in [6, 6.07) is 7.44. The molecule has 0 radical (unpaired) electrons. The molecule has 0 saturated carbocycles. The van der Waals surface area contributed by atoms with Gasteiger partial charge in [0.05, 0.1) is 11.1 Å². The van der Waals surface area contributed by atoms with E-state index in [9.17, 15) is 9.59 Å². The van der Waals surface area contributed by atoms with Gasteiger partial charge in [0.15, 0.2) is 0 Å². The quantitative estimate of drug-likeness (QED) is 0.790. The van der Waals surface area contributed by atoms with Crippen molar-refractivity contribution in [3.05, 3.63) is 58.2 Å². The highest BCUT2D eigenvalue weighted by Gasteiger charge is 2.14. The number of allylic oxidation sites excluding steroid dienone is 4. The molecule has 0 unspecified atom stereocenters. The summed E-state index contributed by atoms with van der Waals surface area (Å²) in [5.41, 5.74) is 2.40. The molecule has 1 heterocycles. The van der Waals surface area contributed by atoms with Gasteiger partial charge in [-0.1, -0.05) is 44.0 Å².